The molecular weight excluding hydrogens is 310 g/mol. The van der Waals surface area contributed by atoms with Crippen LogP contribution in [0.2, 0.25) is 5.02 Å². The molecule has 1 aromatic carbocycles. The molecule has 0 spiro atoms. The Morgan fingerprint density at radius 1 is 1.00 bits per heavy atom. The number of hydrogen-bond donors (Lipinski definition) is 1. The second kappa shape index (κ2) is 8.05. The third-order valence-electron chi connectivity index (χ3n) is 5.06. The van der Waals surface area contributed by atoms with E-state index in [1.54, 1.807) is 0 Å². The molecule has 23 heavy (non-hydrogen) atoms. The Hall–Kier alpha value is -1.22. The lowest BCUT2D eigenvalue weighted by molar-refractivity contribution is -0.127. The van der Waals surface area contributed by atoms with Crippen molar-refractivity contribution in [2.75, 3.05) is 0 Å². The molecule has 2 unspecified atom stereocenters. The number of carbonyl (C=O) groups is 1. The van der Waals surface area contributed by atoms with E-state index in [4.69, 9.17) is 16.3 Å². The molecule has 1 aromatic rings. The lowest BCUT2D eigenvalue weighted by Crippen LogP contribution is -2.42. The number of rotatable bonds is 4. The highest BCUT2D eigenvalue weighted by Crippen LogP contribution is 2.29. The Morgan fingerprint density at radius 2 is 1.74 bits per heavy atom. The average Bonchev–Trinajstić information content (AvgIpc) is 2.58. The molecule has 2 fully saturated rings. The number of halogens is 1. The third-order valence-corrected chi connectivity index (χ3v) is 5.32. The number of ether oxygens (including phenoxy) is 1. The first kappa shape index (κ1) is 16.6. The van der Waals surface area contributed by atoms with Gasteiger partial charge in [-0.2, -0.15) is 0 Å². The van der Waals surface area contributed by atoms with E-state index in [-0.39, 0.29) is 17.9 Å². The predicted molar refractivity (Wildman–Crippen MR) is 92.8 cm³/mol. The molecule has 0 aliphatic heterocycles. The van der Waals surface area contributed by atoms with Gasteiger partial charge in [0.2, 0.25) is 5.91 Å². The summed E-state index contributed by atoms with van der Waals surface area (Å²) in [4.78, 5) is 12.5. The van der Waals surface area contributed by atoms with Gasteiger partial charge in [-0.25, -0.2) is 0 Å². The van der Waals surface area contributed by atoms with Crippen molar-refractivity contribution in [1.82, 2.24) is 5.32 Å². The first-order valence-electron chi connectivity index (χ1n) is 8.93. The molecule has 1 N–H and O–H groups in total. The maximum atomic E-state index is 12.5. The molecule has 126 valence electrons. The molecule has 2 aliphatic carbocycles. The van der Waals surface area contributed by atoms with Crippen LogP contribution < -0.4 is 10.1 Å². The Kier molecular flexibility index (Phi) is 5.82. The number of carbonyl (C=O) groups excluding carboxylic acids is 1. The lowest BCUT2D eigenvalue weighted by Gasteiger charge is -2.31. The highest BCUT2D eigenvalue weighted by atomic mass is 35.5. The fourth-order valence-corrected chi connectivity index (χ4v) is 3.89. The smallest absolute Gasteiger partial charge is 0.223 e. The van der Waals surface area contributed by atoms with Gasteiger partial charge in [0, 0.05) is 17.0 Å². The maximum absolute atomic E-state index is 12.5. The van der Waals surface area contributed by atoms with Crippen molar-refractivity contribution in [2.45, 2.75) is 69.9 Å². The molecule has 0 bridgehead atoms. The molecule has 0 saturated heterocycles. The van der Waals surface area contributed by atoms with Crippen molar-refractivity contribution >= 4 is 17.5 Å². The van der Waals surface area contributed by atoms with Gasteiger partial charge >= 0.3 is 0 Å². The lowest BCUT2D eigenvalue weighted by atomic mass is 9.85. The van der Waals surface area contributed by atoms with Gasteiger partial charge in [0.1, 0.15) is 5.75 Å². The second-order valence-electron chi connectivity index (χ2n) is 6.90. The molecule has 2 atom stereocenters. The summed E-state index contributed by atoms with van der Waals surface area (Å²) in [5.74, 6) is 1.18. The quantitative estimate of drug-likeness (QED) is 0.864. The van der Waals surface area contributed by atoms with Crippen LogP contribution in [0.25, 0.3) is 0 Å². The highest BCUT2D eigenvalue weighted by Gasteiger charge is 2.29. The second-order valence-corrected chi connectivity index (χ2v) is 7.34. The van der Waals surface area contributed by atoms with Crippen molar-refractivity contribution in [3.8, 4) is 5.75 Å². The van der Waals surface area contributed by atoms with Crippen molar-refractivity contribution < 1.29 is 9.53 Å². The summed E-state index contributed by atoms with van der Waals surface area (Å²) in [5.41, 5.74) is 0. The van der Waals surface area contributed by atoms with E-state index in [2.05, 4.69) is 5.32 Å². The van der Waals surface area contributed by atoms with Crippen molar-refractivity contribution in [1.29, 1.82) is 0 Å². The largest absolute Gasteiger partial charge is 0.490 e. The normalized spacial score (nSPS) is 25.8. The van der Waals surface area contributed by atoms with Gasteiger partial charge < -0.3 is 10.1 Å². The summed E-state index contributed by atoms with van der Waals surface area (Å²) in [7, 11) is 0. The maximum Gasteiger partial charge on any atom is 0.223 e. The van der Waals surface area contributed by atoms with E-state index in [0.29, 0.717) is 11.1 Å². The summed E-state index contributed by atoms with van der Waals surface area (Å²) >= 11 is 5.90. The van der Waals surface area contributed by atoms with Crippen LogP contribution in [-0.2, 0) is 4.79 Å². The summed E-state index contributed by atoms with van der Waals surface area (Å²) < 4.78 is 6.04. The van der Waals surface area contributed by atoms with Crippen LogP contribution in [0.5, 0.6) is 5.75 Å². The Morgan fingerprint density at radius 3 is 2.48 bits per heavy atom. The Balaban J connectivity index is 1.50. The Bertz CT molecular complexity index is 511. The molecule has 3 rings (SSSR count). The zero-order valence-electron chi connectivity index (χ0n) is 13.6. The molecule has 0 radical (unpaired) electrons. The van der Waals surface area contributed by atoms with E-state index in [1.165, 1.54) is 19.3 Å². The summed E-state index contributed by atoms with van der Waals surface area (Å²) in [6.45, 7) is 0. The summed E-state index contributed by atoms with van der Waals surface area (Å²) in [5, 5.41) is 3.98. The zero-order chi connectivity index (χ0) is 16.1. The van der Waals surface area contributed by atoms with Crippen LogP contribution >= 0.6 is 11.6 Å². The van der Waals surface area contributed by atoms with Crippen molar-refractivity contribution in [3.63, 3.8) is 0 Å². The van der Waals surface area contributed by atoms with Gasteiger partial charge in [0.15, 0.2) is 0 Å². The van der Waals surface area contributed by atoms with Crippen LogP contribution in [0.4, 0.5) is 0 Å². The first-order chi connectivity index (χ1) is 11.2. The summed E-state index contributed by atoms with van der Waals surface area (Å²) in [6, 6.07) is 7.87. The molecule has 1 amide bonds. The molecule has 3 nitrogen and oxygen atoms in total. The van der Waals surface area contributed by atoms with Gasteiger partial charge in [0.05, 0.1) is 6.10 Å². The number of hydrogen-bond acceptors (Lipinski definition) is 2. The van der Waals surface area contributed by atoms with E-state index >= 15 is 0 Å². The highest BCUT2D eigenvalue weighted by molar-refractivity contribution is 6.30. The molecule has 0 aromatic heterocycles. The van der Waals surface area contributed by atoms with Crippen LogP contribution in [0.3, 0.4) is 0 Å². The molecule has 2 aliphatic rings. The van der Waals surface area contributed by atoms with Crippen LogP contribution in [0.15, 0.2) is 24.3 Å². The fraction of sp³-hybridized carbons (Fsp3) is 0.632. The van der Waals surface area contributed by atoms with E-state index in [1.807, 2.05) is 24.3 Å². The first-order valence-corrected chi connectivity index (χ1v) is 9.31. The minimum absolute atomic E-state index is 0.1000. The monoisotopic (exact) mass is 335 g/mol. The van der Waals surface area contributed by atoms with Crippen molar-refractivity contribution in [3.05, 3.63) is 29.3 Å². The average molecular weight is 336 g/mol. The topological polar surface area (TPSA) is 38.3 Å². The van der Waals surface area contributed by atoms with Gasteiger partial charge in [-0.15, -0.1) is 0 Å². The van der Waals surface area contributed by atoms with E-state index in [9.17, 15) is 4.79 Å². The SMILES string of the molecule is O=C(NC1CCCCC1)C1CCCC(Oc2ccc(Cl)cc2)C1. The molecule has 2 saturated carbocycles. The van der Waals surface area contributed by atoms with Gasteiger partial charge in [-0.3, -0.25) is 4.79 Å². The van der Waals surface area contributed by atoms with Crippen molar-refractivity contribution in [2.24, 2.45) is 5.92 Å². The standard InChI is InChI=1S/C19H26ClNO2/c20-15-9-11-17(12-10-15)23-18-8-4-5-14(13-18)19(22)21-16-6-2-1-3-7-16/h9-12,14,16,18H,1-8,13H2,(H,21,22). The predicted octanol–water partition coefficient (Wildman–Crippen LogP) is 4.73. The summed E-state index contributed by atoms with van der Waals surface area (Å²) in [6.07, 6.45) is 10.1. The molecular formula is C19H26ClNO2. The van der Waals surface area contributed by atoms with E-state index in [0.717, 1.165) is 44.3 Å². The van der Waals surface area contributed by atoms with Gasteiger partial charge in [-0.05, 0) is 62.8 Å². The van der Waals surface area contributed by atoms with Crippen LogP contribution in [0, 0.1) is 5.92 Å². The minimum Gasteiger partial charge on any atom is -0.490 e. The minimum atomic E-state index is 0.1000. The van der Waals surface area contributed by atoms with Crippen LogP contribution in [0.1, 0.15) is 57.8 Å². The van der Waals surface area contributed by atoms with Crippen LogP contribution in [-0.4, -0.2) is 18.1 Å². The Labute approximate surface area is 143 Å². The number of benzene rings is 1. The van der Waals surface area contributed by atoms with Gasteiger partial charge in [0.25, 0.3) is 0 Å². The zero-order valence-corrected chi connectivity index (χ0v) is 14.4. The number of amides is 1. The van der Waals surface area contributed by atoms with Gasteiger partial charge in [-0.1, -0.05) is 30.9 Å². The third kappa shape index (κ3) is 4.87. The molecule has 4 heteroatoms. The molecule has 0 heterocycles. The van der Waals surface area contributed by atoms with E-state index < -0.39 is 0 Å². The fourth-order valence-electron chi connectivity index (χ4n) is 3.76. The number of nitrogens with one attached hydrogen (secondary N) is 1.